The highest BCUT2D eigenvalue weighted by Crippen LogP contribution is 2.20. The molecule has 2 nitrogen and oxygen atoms in total. The van der Waals surface area contributed by atoms with Crippen molar-refractivity contribution in [2.45, 2.75) is 32.2 Å². The van der Waals surface area contributed by atoms with E-state index in [1.807, 2.05) is 0 Å². The SMILES string of the molecule is NCc1cccc(N2CCCCCC2)c1. The summed E-state index contributed by atoms with van der Waals surface area (Å²) in [7, 11) is 0. The van der Waals surface area contributed by atoms with Gasteiger partial charge in [0.1, 0.15) is 0 Å². The minimum Gasteiger partial charge on any atom is -0.372 e. The van der Waals surface area contributed by atoms with E-state index in [9.17, 15) is 0 Å². The lowest BCUT2D eigenvalue weighted by molar-refractivity contribution is 0.726. The fraction of sp³-hybridized carbons (Fsp3) is 0.538. The van der Waals surface area contributed by atoms with Crippen molar-refractivity contribution in [2.24, 2.45) is 5.73 Å². The molecule has 1 aromatic rings. The lowest BCUT2D eigenvalue weighted by Crippen LogP contribution is -2.23. The number of nitrogens with zero attached hydrogens (tertiary/aromatic N) is 1. The summed E-state index contributed by atoms with van der Waals surface area (Å²) >= 11 is 0. The van der Waals surface area contributed by atoms with E-state index in [1.165, 1.54) is 50.0 Å². The number of anilines is 1. The highest BCUT2D eigenvalue weighted by molar-refractivity contribution is 5.48. The van der Waals surface area contributed by atoms with Gasteiger partial charge in [-0.05, 0) is 30.5 Å². The second-order valence-electron chi connectivity index (χ2n) is 4.28. The van der Waals surface area contributed by atoms with E-state index in [4.69, 9.17) is 5.73 Å². The number of hydrogen-bond donors (Lipinski definition) is 1. The van der Waals surface area contributed by atoms with E-state index in [2.05, 4.69) is 29.2 Å². The largest absolute Gasteiger partial charge is 0.372 e. The molecule has 0 spiro atoms. The molecule has 0 saturated carbocycles. The fourth-order valence-electron chi connectivity index (χ4n) is 2.21. The van der Waals surface area contributed by atoms with Gasteiger partial charge in [-0.2, -0.15) is 0 Å². The van der Waals surface area contributed by atoms with Crippen molar-refractivity contribution in [1.29, 1.82) is 0 Å². The maximum atomic E-state index is 5.66. The standard InChI is InChI=1S/C13H20N2/c14-11-12-6-5-7-13(10-12)15-8-3-1-2-4-9-15/h5-7,10H,1-4,8-9,11,14H2. The molecule has 2 heteroatoms. The predicted octanol–water partition coefficient (Wildman–Crippen LogP) is 2.53. The second kappa shape index (κ2) is 5.17. The molecule has 15 heavy (non-hydrogen) atoms. The van der Waals surface area contributed by atoms with Gasteiger partial charge in [-0.1, -0.05) is 25.0 Å². The van der Waals surface area contributed by atoms with Gasteiger partial charge < -0.3 is 10.6 Å². The average Bonchev–Trinajstić information content (AvgIpc) is 2.58. The van der Waals surface area contributed by atoms with Crippen LogP contribution in [0.4, 0.5) is 5.69 Å². The summed E-state index contributed by atoms with van der Waals surface area (Å²) in [5, 5.41) is 0. The monoisotopic (exact) mass is 204 g/mol. The van der Waals surface area contributed by atoms with Crippen LogP contribution in [0.25, 0.3) is 0 Å². The molecule has 1 aromatic carbocycles. The van der Waals surface area contributed by atoms with E-state index >= 15 is 0 Å². The molecule has 0 unspecified atom stereocenters. The first-order chi connectivity index (χ1) is 7.40. The van der Waals surface area contributed by atoms with Gasteiger partial charge in [-0.25, -0.2) is 0 Å². The second-order valence-corrected chi connectivity index (χ2v) is 4.28. The predicted molar refractivity (Wildman–Crippen MR) is 65.0 cm³/mol. The Bertz CT molecular complexity index is 301. The zero-order chi connectivity index (χ0) is 10.5. The molecular formula is C13H20N2. The van der Waals surface area contributed by atoms with Crippen molar-refractivity contribution in [3.8, 4) is 0 Å². The third-order valence-electron chi connectivity index (χ3n) is 3.12. The van der Waals surface area contributed by atoms with Crippen LogP contribution in [0.5, 0.6) is 0 Å². The Morgan fingerprint density at radius 2 is 1.80 bits per heavy atom. The third-order valence-corrected chi connectivity index (χ3v) is 3.12. The minimum atomic E-state index is 0.641. The minimum absolute atomic E-state index is 0.641. The van der Waals surface area contributed by atoms with Crippen LogP contribution >= 0.6 is 0 Å². The summed E-state index contributed by atoms with van der Waals surface area (Å²) in [4.78, 5) is 2.49. The van der Waals surface area contributed by atoms with Crippen molar-refractivity contribution in [3.05, 3.63) is 29.8 Å². The van der Waals surface area contributed by atoms with Crippen LogP contribution in [0.2, 0.25) is 0 Å². The molecule has 1 aliphatic rings. The van der Waals surface area contributed by atoms with Gasteiger partial charge in [0.25, 0.3) is 0 Å². The molecule has 2 rings (SSSR count). The lowest BCUT2D eigenvalue weighted by atomic mass is 10.2. The van der Waals surface area contributed by atoms with Crippen LogP contribution in [0.1, 0.15) is 31.2 Å². The van der Waals surface area contributed by atoms with E-state index in [1.54, 1.807) is 0 Å². The Labute approximate surface area is 92.1 Å². The first-order valence-corrected chi connectivity index (χ1v) is 5.94. The van der Waals surface area contributed by atoms with Crippen molar-refractivity contribution >= 4 is 5.69 Å². The molecule has 0 bridgehead atoms. The number of benzene rings is 1. The van der Waals surface area contributed by atoms with Crippen LogP contribution < -0.4 is 10.6 Å². The molecule has 2 N–H and O–H groups in total. The van der Waals surface area contributed by atoms with Crippen molar-refractivity contribution in [1.82, 2.24) is 0 Å². The van der Waals surface area contributed by atoms with E-state index in [0.29, 0.717) is 6.54 Å². The van der Waals surface area contributed by atoms with Gasteiger partial charge in [0.15, 0.2) is 0 Å². The Hall–Kier alpha value is -1.02. The number of hydrogen-bond acceptors (Lipinski definition) is 2. The molecule has 0 radical (unpaired) electrons. The molecule has 1 fully saturated rings. The Morgan fingerprint density at radius 1 is 1.07 bits per heavy atom. The molecule has 0 atom stereocenters. The van der Waals surface area contributed by atoms with E-state index in [-0.39, 0.29) is 0 Å². The summed E-state index contributed by atoms with van der Waals surface area (Å²) in [6, 6.07) is 8.64. The zero-order valence-electron chi connectivity index (χ0n) is 9.28. The summed E-state index contributed by atoms with van der Waals surface area (Å²) in [5.41, 5.74) is 8.24. The first kappa shape index (κ1) is 10.5. The number of nitrogens with two attached hydrogens (primary N) is 1. The Balaban J connectivity index is 2.12. The molecule has 0 aromatic heterocycles. The van der Waals surface area contributed by atoms with E-state index in [0.717, 1.165) is 0 Å². The van der Waals surface area contributed by atoms with Gasteiger partial charge in [-0.15, -0.1) is 0 Å². The van der Waals surface area contributed by atoms with Crippen LogP contribution in [0.3, 0.4) is 0 Å². The molecule has 1 heterocycles. The lowest BCUT2D eigenvalue weighted by Gasteiger charge is -2.23. The van der Waals surface area contributed by atoms with Crippen molar-refractivity contribution < 1.29 is 0 Å². The van der Waals surface area contributed by atoms with Crippen LogP contribution in [0.15, 0.2) is 24.3 Å². The third kappa shape index (κ3) is 2.72. The molecule has 0 aliphatic carbocycles. The smallest absolute Gasteiger partial charge is 0.0369 e. The quantitative estimate of drug-likeness (QED) is 0.802. The normalized spacial score (nSPS) is 17.5. The van der Waals surface area contributed by atoms with Crippen molar-refractivity contribution in [3.63, 3.8) is 0 Å². The van der Waals surface area contributed by atoms with Crippen molar-refractivity contribution in [2.75, 3.05) is 18.0 Å². The topological polar surface area (TPSA) is 29.3 Å². The van der Waals surface area contributed by atoms with Gasteiger partial charge in [-0.3, -0.25) is 0 Å². The van der Waals surface area contributed by atoms with Crippen LogP contribution in [0, 0.1) is 0 Å². The maximum absolute atomic E-state index is 5.66. The summed E-state index contributed by atoms with van der Waals surface area (Å²) < 4.78 is 0. The zero-order valence-corrected chi connectivity index (χ0v) is 9.28. The molecule has 0 amide bonds. The van der Waals surface area contributed by atoms with Gasteiger partial charge in [0, 0.05) is 25.3 Å². The van der Waals surface area contributed by atoms with Gasteiger partial charge >= 0.3 is 0 Å². The highest BCUT2D eigenvalue weighted by atomic mass is 15.1. The summed E-state index contributed by atoms with van der Waals surface area (Å²) in [5.74, 6) is 0. The fourth-order valence-corrected chi connectivity index (χ4v) is 2.21. The van der Waals surface area contributed by atoms with Gasteiger partial charge in [0.05, 0.1) is 0 Å². The van der Waals surface area contributed by atoms with Gasteiger partial charge in [0.2, 0.25) is 0 Å². The number of rotatable bonds is 2. The Kier molecular flexibility index (Phi) is 3.62. The summed E-state index contributed by atoms with van der Waals surface area (Å²) in [6.45, 7) is 3.05. The van der Waals surface area contributed by atoms with E-state index < -0.39 is 0 Å². The van der Waals surface area contributed by atoms with Crippen LogP contribution in [-0.2, 0) is 6.54 Å². The van der Waals surface area contributed by atoms with Crippen LogP contribution in [-0.4, -0.2) is 13.1 Å². The highest BCUT2D eigenvalue weighted by Gasteiger charge is 2.09. The Morgan fingerprint density at radius 3 is 2.47 bits per heavy atom. The maximum Gasteiger partial charge on any atom is 0.0369 e. The average molecular weight is 204 g/mol. The summed E-state index contributed by atoms with van der Waals surface area (Å²) in [6.07, 6.45) is 5.42. The molecule has 1 aliphatic heterocycles. The molecule has 82 valence electrons. The first-order valence-electron chi connectivity index (χ1n) is 5.94. The molecular weight excluding hydrogens is 184 g/mol. The molecule has 1 saturated heterocycles.